The van der Waals surface area contributed by atoms with Gasteiger partial charge in [0.15, 0.2) is 0 Å². The van der Waals surface area contributed by atoms with Crippen LogP contribution in [-0.2, 0) is 4.74 Å². The first-order chi connectivity index (χ1) is 7.74. The fourth-order valence-corrected chi connectivity index (χ4v) is 2.05. The summed E-state index contributed by atoms with van der Waals surface area (Å²) in [4.78, 5) is 0. The molecule has 1 aromatic carbocycles. The Balaban J connectivity index is 2.32. The highest BCUT2D eigenvalue weighted by Gasteiger charge is 2.30. The van der Waals surface area contributed by atoms with E-state index in [4.69, 9.17) is 10.6 Å². The number of ether oxygens (including phenoxy) is 1. The number of hydrogen-bond acceptors (Lipinski definition) is 3. The number of nitrogens with one attached hydrogen (secondary N) is 1. The number of benzene rings is 1. The van der Waals surface area contributed by atoms with Crippen LogP contribution < -0.4 is 11.3 Å². The molecule has 16 heavy (non-hydrogen) atoms. The summed E-state index contributed by atoms with van der Waals surface area (Å²) in [6.07, 6.45) is 1.37. The Morgan fingerprint density at radius 1 is 1.38 bits per heavy atom. The van der Waals surface area contributed by atoms with E-state index >= 15 is 0 Å². The number of rotatable bonds is 3. The Bertz CT molecular complexity index is 347. The van der Waals surface area contributed by atoms with E-state index in [0.29, 0.717) is 6.61 Å². The molecule has 0 aromatic heterocycles. The Morgan fingerprint density at radius 2 is 2.06 bits per heavy atom. The Kier molecular flexibility index (Phi) is 3.48. The lowest BCUT2D eigenvalue weighted by Crippen LogP contribution is -2.37. The van der Waals surface area contributed by atoms with E-state index in [-0.39, 0.29) is 11.7 Å². The van der Waals surface area contributed by atoms with E-state index in [9.17, 15) is 8.78 Å². The minimum atomic E-state index is -0.635. The number of nitrogens with two attached hydrogens (primary N) is 1. The van der Waals surface area contributed by atoms with E-state index in [1.165, 1.54) is 18.2 Å². The van der Waals surface area contributed by atoms with Gasteiger partial charge in [0.2, 0.25) is 0 Å². The third-order valence-electron chi connectivity index (χ3n) is 2.83. The molecular formula is C11H14F2N2O. The third-order valence-corrected chi connectivity index (χ3v) is 2.83. The fraction of sp³-hybridized carbons (Fsp3) is 0.455. The summed E-state index contributed by atoms with van der Waals surface area (Å²) in [5, 5.41) is 0. The molecule has 1 heterocycles. The van der Waals surface area contributed by atoms with E-state index in [2.05, 4.69) is 5.43 Å². The second-order valence-electron chi connectivity index (χ2n) is 3.83. The molecule has 3 N–H and O–H groups in total. The molecule has 2 unspecified atom stereocenters. The van der Waals surface area contributed by atoms with Gasteiger partial charge in [-0.1, -0.05) is 6.07 Å². The molecule has 0 aliphatic carbocycles. The standard InChI is InChI=1S/C11H14F2N2O/c12-7-3-1-4-8(13)10(7)11(15-14)9-5-2-6-16-9/h1,3-4,9,11,15H,2,5-6,14H2. The Morgan fingerprint density at radius 3 is 2.56 bits per heavy atom. The van der Waals surface area contributed by atoms with Crippen LogP contribution >= 0.6 is 0 Å². The van der Waals surface area contributed by atoms with Crippen molar-refractivity contribution in [2.24, 2.45) is 5.84 Å². The SMILES string of the molecule is NNC(c1c(F)cccc1F)C1CCCO1. The van der Waals surface area contributed by atoms with Crippen LogP contribution in [0, 0.1) is 11.6 Å². The van der Waals surface area contributed by atoms with E-state index in [0.717, 1.165) is 12.8 Å². The summed E-state index contributed by atoms with van der Waals surface area (Å²) in [6, 6.07) is 3.14. The molecule has 3 nitrogen and oxygen atoms in total. The second-order valence-corrected chi connectivity index (χ2v) is 3.83. The van der Waals surface area contributed by atoms with Gasteiger partial charge in [-0.2, -0.15) is 0 Å². The normalized spacial score (nSPS) is 22.3. The summed E-state index contributed by atoms with van der Waals surface area (Å²) < 4.78 is 32.5. The summed E-state index contributed by atoms with van der Waals surface area (Å²) in [7, 11) is 0. The highest BCUT2D eigenvalue weighted by atomic mass is 19.1. The number of hydrazine groups is 1. The van der Waals surface area contributed by atoms with Crippen LogP contribution in [0.25, 0.3) is 0 Å². The molecule has 0 amide bonds. The molecule has 1 aliphatic rings. The van der Waals surface area contributed by atoms with Crippen molar-refractivity contribution in [3.8, 4) is 0 Å². The minimum Gasteiger partial charge on any atom is -0.376 e. The van der Waals surface area contributed by atoms with Crippen LogP contribution in [0.1, 0.15) is 24.4 Å². The van der Waals surface area contributed by atoms with E-state index < -0.39 is 17.7 Å². The first kappa shape index (κ1) is 11.4. The van der Waals surface area contributed by atoms with E-state index in [1.807, 2.05) is 0 Å². The molecule has 1 aliphatic heterocycles. The van der Waals surface area contributed by atoms with Crippen LogP contribution in [-0.4, -0.2) is 12.7 Å². The largest absolute Gasteiger partial charge is 0.376 e. The maximum atomic E-state index is 13.5. The van der Waals surface area contributed by atoms with Crippen LogP contribution in [0.5, 0.6) is 0 Å². The number of halogens is 2. The van der Waals surface area contributed by atoms with Crippen LogP contribution in [0.4, 0.5) is 8.78 Å². The van der Waals surface area contributed by atoms with Crippen molar-refractivity contribution in [2.45, 2.75) is 25.0 Å². The van der Waals surface area contributed by atoms with Crippen molar-refractivity contribution in [2.75, 3.05) is 6.61 Å². The van der Waals surface area contributed by atoms with Crippen molar-refractivity contribution < 1.29 is 13.5 Å². The Hall–Kier alpha value is -1.04. The molecule has 0 spiro atoms. The third kappa shape index (κ3) is 2.07. The molecule has 0 radical (unpaired) electrons. The average Bonchev–Trinajstić information content (AvgIpc) is 2.77. The maximum Gasteiger partial charge on any atom is 0.131 e. The zero-order valence-electron chi connectivity index (χ0n) is 8.75. The first-order valence-corrected chi connectivity index (χ1v) is 5.25. The fourth-order valence-electron chi connectivity index (χ4n) is 2.05. The van der Waals surface area contributed by atoms with Gasteiger partial charge >= 0.3 is 0 Å². The molecular weight excluding hydrogens is 214 g/mol. The molecule has 1 saturated heterocycles. The summed E-state index contributed by atoms with van der Waals surface area (Å²) in [5.74, 6) is 4.16. The summed E-state index contributed by atoms with van der Waals surface area (Å²) in [5.41, 5.74) is 2.39. The maximum absolute atomic E-state index is 13.5. The lowest BCUT2D eigenvalue weighted by molar-refractivity contribution is 0.0759. The topological polar surface area (TPSA) is 47.3 Å². The van der Waals surface area contributed by atoms with Crippen molar-refractivity contribution in [1.29, 1.82) is 0 Å². The predicted molar refractivity (Wildman–Crippen MR) is 55.4 cm³/mol. The monoisotopic (exact) mass is 228 g/mol. The Labute approximate surface area is 92.6 Å². The average molecular weight is 228 g/mol. The van der Waals surface area contributed by atoms with Crippen molar-refractivity contribution in [3.05, 3.63) is 35.4 Å². The van der Waals surface area contributed by atoms with Gasteiger partial charge in [0.05, 0.1) is 12.1 Å². The highest BCUT2D eigenvalue weighted by molar-refractivity contribution is 5.24. The molecule has 2 atom stereocenters. The zero-order chi connectivity index (χ0) is 11.5. The van der Waals surface area contributed by atoms with Gasteiger partial charge < -0.3 is 4.74 Å². The number of hydrogen-bond donors (Lipinski definition) is 2. The lowest BCUT2D eigenvalue weighted by Gasteiger charge is -2.23. The summed E-state index contributed by atoms with van der Waals surface area (Å²) in [6.45, 7) is 0.610. The zero-order valence-corrected chi connectivity index (χ0v) is 8.75. The van der Waals surface area contributed by atoms with Crippen LogP contribution in [0.2, 0.25) is 0 Å². The van der Waals surface area contributed by atoms with Gasteiger partial charge in [0.1, 0.15) is 11.6 Å². The van der Waals surface area contributed by atoms with Crippen molar-refractivity contribution in [3.63, 3.8) is 0 Å². The van der Waals surface area contributed by atoms with E-state index in [1.54, 1.807) is 0 Å². The highest BCUT2D eigenvalue weighted by Crippen LogP contribution is 2.29. The van der Waals surface area contributed by atoms with Gasteiger partial charge in [-0.25, -0.2) is 8.78 Å². The first-order valence-electron chi connectivity index (χ1n) is 5.25. The van der Waals surface area contributed by atoms with Gasteiger partial charge in [-0.05, 0) is 25.0 Å². The smallest absolute Gasteiger partial charge is 0.131 e. The quantitative estimate of drug-likeness (QED) is 0.611. The van der Waals surface area contributed by atoms with Gasteiger partial charge in [-0.3, -0.25) is 11.3 Å². The molecule has 2 rings (SSSR count). The predicted octanol–water partition coefficient (Wildman–Crippen LogP) is 1.65. The minimum absolute atomic E-state index is 0.0445. The molecule has 1 aromatic rings. The molecule has 0 bridgehead atoms. The lowest BCUT2D eigenvalue weighted by atomic mass is 9.99. The van der Waals surface area contributed by atoms with Crippen LogP contribution in [0.3, 0.4) is 0 Å². The van der Waals surface area contributed by atoms with Gasteiger partial charge in [-0.15, -0.1) is 0 Å². The van der Waals surface area contributed by atoms with Crippen molar-refractivity contribution >= 4 is 0 Å². The van der Waals surface area contributed by atoms with Crippen molar-refractivity contribution in [1.82, 2.24) is 5.43 Å². The second kappa shape index (κ2) is 4.86. The molecule has 0 saturated carbocycles. The van der Waals surface area contributed by atoms with Crippen LogP contribution in [0.15, 0.2) is 18.2 Å². The van der Waals surface area contributed by atoms with Gasteiger partial charge in [0.25, 0.3) is 0 Å². The summed E-state index contributed by atoms with van der Waals surface area (Å²) >= 11 is 0. The molecule has 1 fully saturated rings. The van der Waals surface area contributed by atoms with Gasteiger partial charge in [0, 0.05) is 12.2 Å². The molecule has 5 heteroatoms. The molecule has 88 valence electrons.